The zero-order valence-corrected chi connectivity index (χ0v) is 12.7. The third kappa shape index (κ3) is 3.15. The second-order valence-electron chi connectivity index (χ2n) is 5.43. The van der Waals surface area contributed by atoms with Crippen molar-refractivity contribution in [1.29, 1.82) is 0 Å². The molecule has 2 N–H and O–H groups in total. The molecule has 2 aromatic carbocycles. The average Bonchev–Trinajstić information content (AvgIpc) is 2.58. The summed E-state index contributed by atoms with van der Waals surface area (Å²) < 4.78 is 11.1. The summed E-state index contributed by atoms with van der Waals surface area (Å²) in [6, 6.07) is 15.0. The number of rotatable bonds is 6. The Labute approximate surface area is 138 Å². The fourth-order valence-electron chi connectivity index (χ4n) is 2.98. The number of carboxylic acids is 2. The van der Waals surface area contributed by atoms with Gasteiger partial charge in [0.15, 0.2) is 0 Å². The van der Waals surface area contributed by atoms with E-state index < -0.39 is 37.4 Å². The van der Waals surface area contributed by atoms with Crippen molar-refractivity contribution < 1.29 is 29.3 Å². The van der Waals surface area contributed by atoms with Gasteiger partial charge in [-0.1, -0.05) is 48.5 Å². The number of aliphatic carboxylic acids is 2. The van der Waals surface area contributed by atoms with Crippen LogP contribution in [0.2, 0.25) is 0 Å². The van der Waals surface area contributed by atoms with E-state index in [1.54, 1.807) is 0 Å². The Morgan fingerprint density at radius 3 is 1.50 bits per heavy atom. The SMILES string of the molecule is O=C(O)CO[C@@H]1c2ccccc2-c2ccccc2[C@H]1OCC(=O)O. The summed E-state index contributed by atoms with van der Waals surface area (Å²) >= 11 is 0. The zero-order valence-electron chi connectivity index (χ0n) is 12.7. The lowest BCUT2D eigenvalue weighted by Crippen LogP contribution is -2.26. The maximum absolute atomic E-state index is 10.9. The summed E-state index contributed by atoms with van der Waals surface area (Å²) in [6.07, 6.45) is -1.38. The van der Waals surface area contributed by atoms with Crippen molar-refractivity contribution in [2.24, 2.45) is 0 Å². The fraction of sp³-hybridized carbons (Fsp3) is 0.222. The van der Waals surface area contributed by atoms with E-state index in [2.05, 4.69) is 0 Å². The van der Waals surface area contributed by atoms with E-state index >= 15 is 0 Å². The Kier molecular flexibility index (Phi) is 4.59. The van der Waals surface area contributed by atoms with Gasteiger partial charge in [-0.3, -0.25) is 0 Å². The summed E-state index contributed by atoms with van der Waals surface area (Å²) in [5.41, 5.74) is 3.43. The minimum atomic E-state index is -1.09. The van der Waals surface area contributed by atoms with Gasteiger partial charge in [-0.15, -0.1) is 0 Å². The molecule has 3 rings (SSSR count). The van der Waals surface area contributed by atoms with Gasteiger partial charge >= 0.3 is 11.9 Å². The molecule has 0 amide bonds. The van der Waals surface area contributed by atoms with Gasteiger partial charge in [-0.25, -0.2) is 9.59 Å². The summed E-state index contributed by atoms with van der Waals surface area (Å²) in [4.78, 5) is 21.8. The smallest absolute Gasteiger partial charge is 0.329 e. The van der Waals surface area contributed by atoms with Crippen LogP contribution < -0.4 is 0 Å². The molecule has 0 aliphatic heterocycles. The Bertz CT molecular complexity index is 704. The third-order valence-electron chi connectivity index (χ3n) is 3.87. The van der Waals surface area contributed by atoms with Crippen LogP contribution in [0.3, 0.4) is 0 Å². The summed E-state index contributed by atoms with van der Waals surface area (Å²) in [5.74, 6) is -2.19. The fourth-order valence-corrected chi connectivity index (χ4v) is 2.98. The van der Waals surface area contributed by atoms with Crippen LogP contribution in [-0.2, 0) is 19.1 Å². The quantitative estimate of drug-likeness (QED) is 0.847. The molecule has 0 unspecified atom stereocenters. The van der Waals surface area contributed by atoms with E-state index in [4.69, 9.17) is 19.7 Å². The number of ether oxygens (including phenoxy) is 2. The summed E-state index contributed by atoms with van der Waals surface area (Å²) in [6.45, 7) is -0.984. The maximum atomic E-state index is 10.9. The monoisotopic (exact) mass is 328 g/mol. The summed E-state index contributed by atoms with van der Waals surface area (Å²) in [7, 11) is 0. The molecule has 0 heterocycles. The van der Waals surface area contributed by atoms with Gasteiger partial charge in [-0.2, -0.15) is 0 Å². The molecule has 2 aromatic rings. The van der Waals surface area contributed by atoms with Crippen LogP contribution in [0.15, 0.2) is 48.5 Å². The van der Waals surface area contributed by atoms with Gasteiger partial charge in [0, 0.05) is 0 Å². The predicted molar refractivity (Wildman–Crippen MR) is 84.5 cm³/mol. The first-order valence-electron chi connectivity index (χ1n) is 7.43. The van der Waals surface area contributed by atoms with E-state index in [0.29, 0.717) is 0 Å². The lowest BCUT2D eigenvalue weighted by atomic mass is 9.82. The molecule has 24 heavy (non-hydrogen) atoms. The van der Waals surface area contributed by atoms with Crippen LogP contribution in [0.1, 0.15) is 23.3 Å². The Balaban J connectivity index is 2.06. The molecular weight excluding hydrogens is 312 g/mol. The first kappa shape index (κ1) is 16.2. The normalized spacial score (nSPS) is 18.5. The van der Waals surface area contributed by atoms with E-state index in [-0.39, 0.29) is 0 Å². The van der Waals surface area contributed by atoms with Crippen LogP contribution in [0, 0.1) is 0 Å². The van der Waals surface area contributed by atoms with Gasteiger partial charge in [0.05, 0.1) is 0 Å². The average molecular weight is 328 g/mol. The number of benzene rings is 2. The van der Waals surface area contributed by atoms with Gasteiger partial charge < -0.3 is 19.7 Å². The summed E-state index contributed by atoms with van der Waals surface area (Å²) in [5, 5.41) is 17.9. The minimum Gasteiger partial charge on any atom is -0.480 e. The van der Waals surface area contributed by atoms with Crippen molar-refractivity contribution in [3.63, 3.8) is 0 Å². The highest BCUT2D eigenvalue weighted by atomic mass is 16.6. The second-order valence-corrected chi connectivity index (χ2v) is 5.43. The van der Waals surface area contributed by atoms with Crippen LogP contribution in [0.4, 0.5) is 0 Å². The number of carbonyl (C=O) groups is 2. The number of carboxylic acid groups (broad SMARTS) is 2. The molecule has 1 aliphatic rings. The first-order chi connectivity index (χ1) is 11.6. The van der Waals surface area contributed by atoms with Crippen LogP contribution in [0.25, 0.3) is 11.1 Å². The topological polar surface area (TPSA) is 93.1 Å². The molecule has 0 saturated heterocycles. The second kappa shape index (κ2) is 6.82. The highest BCUT2D eigenvalue weighted by Gasteiger charge is 2.35. The molecule has 6 nitrogen and oxygen atoms in total. The Morgan fingerprint density at radius 2 is 1.12 bits per heavy atom. The van der Waals surface area contributed by atoms with Gasteiger partial charge in [0.1, 0.15) is 25.4 Å². The molecule has 0 saturated carbocycles. The lowest BCUT2D eigenvalue weighted by molar-refractivity contribution is -0.156. The Hall–Kier alpha value is -2.70. The van der Waals surface area contributed by atoms with Gasteiger partial charge in [0.2, 0.25) is 0 Å². The molecule has 0 fully saturated rings. The van der Waals surface area contributed by atoms with Crippen molar-refractivity contribution in [3.8, 4) is 11.1 Å². The molecule has 6 heteroatoms. The van der Waals surface area contributed by atoms with E-state index in [1.165, 1.54) is 0 Å². The lowest BCUT2D eigenvalue weighted by Gasteiger charge is -2.34. The third-order valence-corrected chi connectivity index (χ3v) is 3.87. The van der Waals surface area contributed by atoms with E-state index in [1.807, 2.05) is 48.5 Å². The first-order valence-corrected chi connectivity index (χ1v) is 7.43. The standard InChI is InChI=1S/C18H16O6/c19-15(20)9-23-17-13-7-3-1-5-11(13)12-6-2-4-8-14(12)18(17)24-10-16(21)22/h1-8,17-18H,9-10H2,(H,19,20)(H,21,22)/t17-,18-/m1/s1. The molecule has 0 radical (unpaired) electrons. The number of fused-ring (bicyclic) bond motifs is 3. The predicted octanol–water partition coefficient (Wildman–Crippen LogP) is 2.65. The van der Waals surface area contributed by atoms with Crippen LogP contribution in [-0.4, -0.2) is 35.4 Å². The van der Waals surface area contributed by atoms with Crippen molar-refractivity contribution in [3.05, 3.63) is 59.7 Å². The van der Waals surface area contributed by atoms with Crippen molar-refractivity contribution in [1.82, 2.24) is 0 Å². The molecule has 0 bridgehead atoms. The molecule has 0 aromatic heterocycles. The molecule has 2 atom stereocenters. The van der Waals surface area contributed by atoms with Crippen molar-refractivity contribution in [2.45, 2.75) is 12.2 Å². The Morgan fingerprint density at radius 1 is 0.750 bits per heavy atom. The number of hydrogen-bond acceptors (Lipinski definition) is 4. The highest BCUT2D eigenvalue weighted by Crippen LogP contribution is 2.47. The largest absolute Gasteiger partial charge is 0.480 e. The van der Waals surface area contributed by atoms with Gasteiger partial charge in [0.25, 0.3) is 0 Å². The molecule has 1 aliphatic carbocycles. The minimum absolute atomic E-state index is 0.492. The van der Waals surface area contributed by atoms with Crippen molar-refractivity contribution >= 4 is 11.9 Å². The zero-order chi connectivity index (χ0) is 17.1. The van der Waals surface area contributed by atoms with E-state index in [9.17, 15) is 9.59 Å². The highest BCUT2D eigenvalue weighted by molar-refractivity contribution is 5.75. The molecule has 124 valence electrons. The van der Waals surface area contributed by atoms with E-state index in [0.717, 1.165) is 22.3 Å². The van der Waals surface area contributed by atoms with Gasteiger partial charge in [-0.05, 0) is 22.3 Å². The van der Waals surface area contributed by atoms with Crippen LogP contribution in [0.5, 0.6) is 0 Å². The molecule has 0 spiro atoms. The number of hydrogen-bond donors (Lipinski definition) is 2. The maximum Gasteiger partial charge on any atom is 0.329 e. The molecular formula is C18H16O6. The van der Waals surface area contributed by atoms with Crippen LogP contribution >= 0.6 is 0 Å². The van der Waals surface area contributed by atoms with Crippen molar-refractivity contribution in [2.75, 3.05) is 13.2 Å².